The summed E-state index contributed by atoms with van der Waals surface area (Å²) in [6, 6.07) is 16.4. The molecule has 3 rings (SSSR count). The number of aromatic nitrogens is 3. The predicted octanol–water partition coefficient (Wildman–Crippen LogP) is 3.09. The molecule has 0 saturated carbocycles. The SMILES string of the molecule is O=S(=O)(Cc1ccccc1)n1cc(-c2ccc(Br)cc2)nn1. The second kappa shape index (κ2) is 6.02. The maximum absolute atomic E-state index is 12.4. The van der Waals surface area contributed by atoms with Crippen LogP contribution in [0.5, 0.6) is 0 Å². The van der Waals surface area contributed by atoms with E-state index in [1.165, 1.54) is 6.20 Å². The van der Waals surface area contributed by atoms with Crippen molar-refractivity contribution in [1.29, 1.82) is 0 Å². The van der Waals surface area contributed by atoms with Gasteiger partial charge in [0.1, 0.15) is 5.69 Å². The van der Waals surface area contributed by atoms with E-state index < -0.39 is 10.0 Å². The molecule has 0 radical (unpaired) electrons. The molecule has 3 aromatic rings. The fourth-order valence-electron chi connectivity index (χ4n) is 1.99. The maximum Gasteiger partial charge on any atom is 0.259 e. The molecule has 22 heavy (non-hydrogen) atoms. The van der Waals surface area contributed by atoms with Gasteiger partial charge >= 0.3 is 0 Å². The topological polar surface area (TPSA) is 64.8 Å². The van der Waals surface area contributed by atoms with E-state index in [-0.39, 0.29) is 5.75 Å². The van der Waals surface area contributed by atoms with Crippen LogP contribution in [0.15, 0.2) is 65.3 Å². The van der Waals surface area contributed by atoms with Crippen LogP contribution in [0.2, 0.25) is 0 Å². The second-order valence-electron chi connectivity index (χ2n) is 4.73. The lowest BCUT2D eigenvalue weighted by atomic mass is 10.2. The first-order valence-corrected chi connectivity index (χ1v) is 8.90. The van der Waals surface area contributed by atoms with Crippen LogP contribution >= 0.6 is 15.9 Å². The molecule has 2 aromatic carbocycles. The molecule has 1 heterocycles. The first-order valence-electron chi connectivity index (χ1n) is 6.50. The van der Waals surface area contributed by atoms with Gasteiger partial charge in [-0.1, -0.05) is 63.6 Å². The van der Waals surface area contributed by atoms with E-state index in [4.69, 9.17) is 0 Å². The summed E-state index contributed by atoms with van der Waals surface area (Å²) in [5.41, 5.74) is 2.04. The number of hydrogen-bond acceptors (Lipinski definition) is 4. The highest BCUT2D eigenvalue weighted by atomic mass is 79.9. The van der Waals surface area contributed by atoms with E-state index in [1.54, 1.807) is 24.3 Å². The Morgan fingerprint density at radius 3 is 2.36 bits per heavy atom. The molecule has 7 heteroatoms. The summed E-state index contributed by atoms with van der Waals surface area (Å²) in [5.74, 6) is -0.114. The number of halogens is 1. The maximum atomic E-state index is 12.4. The fourth-order valence-corrected chi connectivity index (χ4v) is 3.41. The summed E-state index contributed by atoms with van der Waals surface area (Å²) in [5, 5.41) is 7.69. The Morgan fingerprint density at radius 1 is 1.00 bits per heavy atom. The lowest BCUT2D eigenvalue weighted by Crippen LogP contribution is -2.15. The molecule has 0 amide bonds. The molecule has 0 aliphatic heterocycles. The van der Waals surface area contributed by atoms with Crippen LogP contribution in [0, 0.1) is 0 Å². The molecule has 0 fully saturated rings. The number of benzene rings is 2. The second-order valence-corrected chi connectivity index (χ2v) is 7.47. The Bertz CT molecular complexity index is 875. The summed E-state index contributed by atoms with van der Waals surface area (Å²) < 4.78 is 26.6. The lowest BCUT2D eigenvalue weighted by molar-refractivity contribution is 0.576. The number of rotatable bonds is 4. The van der Waals surface area contributed by atoms with Crippen LogP contribution in [0.25, 0.3) is 11.3 Å². The highest BCUT2D eigenvalue weighted by Crippen LogP contribution is 2.20. The van der Waals surface area contributed by atoms with Crippen LogP contribution < -0.4 is 0 Å². The van der Waals surface area contributed by atoms with E-state index >= 15 is 0 Å². The van der Waals surface area contributed by atoms with Gasteiger partial charge in [0.15, 0.2) is 0 Å². The standard InChI is InChI=1S/C15H12BrN3O2S/c16-14-8-6-13(7-9-14)15-10-19(18-17-15)22(20,21)11-12-4-2-1-3-5-12/h1-10H,11H2. The number of hydrogen-bond donors (Lipinski definition) is 0. The van der Waals surface area contributed by atoms with Crippen LogP contribution in [0.1, 0.15) is 5.56 Å². The minimum atomic E-state index is -3.57. The minimum absolute atomic E-state index is 0.114. The Hall–Kier alpha value is -1.99. The van der Waals surface area contributed by atoms with Gasteiger partial charge in [-0.25, -0.2) is 8.42 Å². The summed E-state index contributed by atoms with van der Waals surface area (Å²) in [7, 11) is -3.57. The van der Waals surface area contributed by atoms with Gasteiger partial charge in [0, 0.05) is 10.0 Å². The van der Waals surface area contributed by atoms with Crippen molar-refractivity contribution in [3.63, 3.8) is 0 Å². The molecule has 112 valence electrons. The summed E-state index contributed by atoms with van der Waals surface area (Å²) in [6.07, 6.45) is 1.43. The zero-order chi connectivity index (χ0) is 15.6. The van der Waals surface area contributed by atoms with E-state index in [0.717, 1.165) is 14.1 Å². The van der Waals surface area contributed by atoms with Crippen molar-refractivity contribution in [3.8, 4) is 11.3 Å². The van der Waals surface area contributed by atoms with E-state index in [0.29, 0.717) is 11.3 Å². The highest BCUT2D eigenvalue weighted by Gasteiger charge is 2.17. The third-order valence-corrected chi connectivity index (χ3v) is 5.07. The Kier molecular flexibility index (Phi) is 4.08. The zero-order valence-electron chi connectivity index (χ0n) is 11.4. The van der Waals surface area contributed by atoms with Crippen LogP contribution in [0.3, 0.4) is 0 Å². The molecule has 0 N–H and O–H groups in total. The average molecular weight is 378 g/mol. The van der Waals surface area contributed by atoms with Gasteiger partial charge < -0.3 is 0 Å². The van der Waals surface area contributed by atoms with Crippen LogP contribution in [-0.4, -0.2) is 22.8 Å². The van der Waals surface area contributed by atoms with Crippen LogP contribution in [0.4, 0.5) is 0 Å². The molecule has 1 aromatic heterocycles. The van der Waals surface area contributed by atoms with Gasteiger partial charge in [0.05, 0.1) is 11.9 Å². The fraction of sp³-hybridized carbons (Fsp3) is 0.0667. The third kappa shape index (κ3) is 3.26. The molecule has 5 nitrogen and oxygen atoms in total. The van der Waals surface area contributed by atoms with Crippen molar-refractivity contribution in [2.75, 3.05) is 0 Å². The number of nitrogens with zero attached hydrogens (tertiary/aromatic N) is 3. The average Bonchev–Trinajstić information content (AvgIpc) is 2.99. The van der Waals surface area contributed by atoms with Crippen molar-refractivity contribution < 1.29 is 8.42 Å². The van der Waals surface area contributed by atoms with Crippen molar-refractivity contribution in [3.05, 3.63) is 70.8 Å². The monoisotopic (exact) mass is 377 g/mol. The third-order valence-electron chi connectivity index (χ3n) is 3.09. The van der Waals surface area contributed by atoms with Gasteiger partial charge in [0.2, 0.25) is 0 Å². The predicted molar refractivity (Wildman–Crippen MR) is 87.6 cm³/mol. The Balaban J connectivity index is 1.88. The van der Waals surface area contributed by atoms with Gasteiger partial charge in [-0.3, -0.25) is 0 Å². The van der Waals surface area contributed by atoms with Gasteiger partial charge in [-0.2, -0.15) is 0 Å². The first-order chi connectivity index (χ1) is 10.5. The molecule has 0 bridgehead atoms. The molecule has 0 aliphatic carbocycles. The van der Waals surface area contributed by atoms with Gasteiger partial charge in [-0.15, -0.1) is 9.19 Å². The minimum Gasteiger partial charge on any atom is -0.204 e. The van der Waals surface area contributed by atoms with Crippen molar-refractivity contribution >= 4 is 26.0 Å². The van der Waals surface area contributed by atoms with E-state index in [9.17, 15) is 8.42 Å². The van der Waals surface area contributed by atoms with Crippen LogP contribution in [-0.2, 0) is 15.8 Å². The summed E-state index contributed by atoms with van der Waals surface area (Å²) >= 11 is 3.35. The van der Waals surface area contributed by atoms with E-state index in [1.807, 2.05) is 30.3 Å². The Labute approximate surface area is 136 Å². The molecule has 0 unspecified atom stereocenters. The van der Waals surface area contributed by atoms with Crippen molar-refractivity contribution in [2.24, 2.45) is 0 Å². The van der Waals surface area contributed by atoms with E-state index in [2.05, 4.69) is 26.2 Å². The molecule has 0 saturated heterocycles. The largest absolute Gasteiger partial charge is 0.259 e. The molecular formula is C15H12BrN3O2S. The normalized spacial score (nSPS) is 11.5. The van der Waals surface area contributed by atoms with Crippen molar-refractivity contribution in [1.82, 2.24) is 14.4 Å². The molecule has 0 atom stereocenters. The van der Waals surface area contributed by atoms with Gasteiger partial charge in [-0.05, 0) is 17.7 Å². The molecule has 0 spiro atoms. The highest BCUT2D eigenvalue weighted by molar-refractivity contribution is 9.10. The summed E-state index contributed by atoms with van der Waals surface area (Å²) in [4.78, 5) is 0. The zero-order valence-corrected chi connectivity index (χ0v) is 13.8. The molecule has 0 aliphatic rings. The smallest absolute Gasteiger partial charge is 0.204 e. The quantitative estimate of drug-likeness (QED) is 0.700. The lowest BCUT2D eigenvalue weighted by Gasteiger charge is -2.03. The summed E-state index contributed by atoms with van der Waals surface area (Å²) in [6.45, 7) is 0. The molecular weight excluding hydrogens is 366 g/mol. The Morgan fingerprint density at radius 2 is 1.68 bits per heavy atom. The van der Waals surface area contributed by atoms with Crippen molar-refractivity contribution in [2.45, 2.75) is 5.75 Å². The first kappa shape index (κ1) is 14.9. The van der Waals surface area contributed by atoms with Gasteiger partial charge in [0.25, 0.3) is 10.0 Å².